The normalized spacial score (nSPS) is 12.4. The van der Waals surface area contributed by atoms with Crippen LogP contribution in [0.2, 0.25) is 0 Å². The van der Waals surface area contributed by atoms with Crippen LogP contribution in [0, 0.1) is 5.82 Å². The molecule has 0 aromatic heterocycles. The third kappa shape index (κ3) is 5.24. The van der Waals surface area contributed by atoms with Gasteiger partial charge in [0.2, 0.25) is 10.0 Å². The highest BCUT2D eigenvalue weighted by atomic mass is 35.5. The lowest BCUT2D eigenvalue weighted by atomic mass is 10.2. The largest absolute Gasteiger partial charge is 0.465 e. The molecule has 1 unspecified atom stereocenters. The highest BCUT2D eigenvalue weighted by Gasteiger charge is 2.19. The van der Waals surface area contributed by atoms with Crippen molar-refractivity contribution in [2.75, 3.05) is 20.7 Å². The number of benzene rings is 1. The molecular formula is C12H18ClFN2O4S. The van der Waals surface area contributed by atoms with E-state index in [2.05, 4.69) is 14.8 Å². The molecule has 0 aliphatic carbocycles. The lowest BCUT2D eigenvalue weighted by Gasteiger charge is -2.12. The number of nitrogens with one attached hydrogen (secondary N) is 2. The topological polar surface area (TPSA) is 84.5 Å². The third-order valence-corrected chi connectivity index (χ3v) is 4.15. The van der Waals surface area contributed by atoms with Crippen LogP contribution in [0.3, 0.4) is 0 Å². The zero-order valence-corrected chi connectivity index (χ0v) is 13.5. The van der Waals surface area contributed by atoms with Crippen molar-refractivity contribution in [3.63, 3.8) is 0 Å². The molecule has 120 valence electrons. The van der Waals surface area contributed by atoms with Crippen LogP contribution in [0.25, 0.3) is 0 Å². The summed E-state index contributed by atoms with van der Waals surface area (Å²) < 4.78 is 44.3. The number of halogens is 2. The predicted octanol–water partition coefficient (Wildman–Crippen LogP) is 0.920. The van der Waals surface area contributed by atoms with Crippen molar-refractivity contribution in [1.29, 1.82) is 0 Å². The van der Waals surface area contributed by atoms with Gasteiger partial charge in [-0.15, -0.1) is 12.4 Å². The van der Waals surface area contributed by atoms with Gasteiger partial charge in [-0.25, -0.2) is 22.3 Å². The maximum Gasteiger partial charge on any atom is 0.340 e. The minimum atomic E-state index is -3.82. The van der Waals surface area contributed by atoms with Gasteiger partial charge in [0.1, 0.15) is 5.82 Å². The summed E-state index contributed by atoms with van der Waals surface area (Å²) >= 11 is 0. The lowest BCUT2D eigenvalue weighted by molar-refractivity contribution is 0.0595. The summed E-state index contributed by atoms with van der Waals surface area (Å²) in [4.78, 5) is 11.0. The number of hydrogen-bond donors (Lipinski definition) is 2. The van der Waals surface area contributed by atoms with Crippen LogP contribution in [0.4, 0.5) is 4.39 Å². The number of carbonyl (C=O) groups excluding carboxylic acids is 1. The average molecular weight is 341 g/mol. The first-order valence-corrected chi connectivity index (χ1v) is 7.35. The Morgan fingerprint density at radius 1 is 1.43 bits per heavy atom. The van der Waals surface area contributed by atoms with E-state index in [9.17, 15) is 17.6 Å². The Labute approximate surface area is 129 Å². The summed E-state index contributed by atoms with van der Waals surface area (Å²) in [6.07, 6.45) is 0. The van der Waals surface area contributed by atoms with Crippen molar-refractivity contribution in [1.82, 2.24) is 10.0 Å². The Kier molecular flexibility index (Phi) is 7.80. The van der Waals surface area contributed by atoms with Gasteiger partial charge >= 0.3 is 5.97 Å². The van der Waals surface area contributed by atoms with Crippen LogP contribution >= 0.6 is 12.4 Å². The molecule has 1 rings (SSSR count). The van der Waals surface area contributed by atoms with Gasteiger partial charge in [0.05, 0.1) is 17.6 Å². The lowest BCUT2D eigenvalue weighted by Crippen LogP contribution is -2.37. The number of sulfonamides is 1. The predicted molar refractivity (Wildman–Crippen MR) is 78.7 cm³/mol. The Morgan fingerprint density at radius 2 is 2.05 bits per heavy atom. The van der Waals surface area contributed by atoms with Gasteiger partial charge in [-0.3, -0.25) is 0 Å². The van der Waals surface area contributed by atoms with Crippen molar-refractivity contribution in [3.8, 4) is 0 Å². The van der Waals surface area contributed by atoms with E-state index in [1.54, 1.807) is 14.0 Å². The molecule has 9 heteroatoms. The minimum Gasteiger partial charge on any atom is -0.465 e. The number of rotatable bonds is 6. The summed E-state index contributed by atoms with van der Waals surface area (Å²) in [5.41, 5.74) is -0.310. The quantitative estimate of drug-likeness (QED) is 0.752. The van der Waals surface area contributed by atoms with Gasteiger partial charge in [-0.1, -0.05) is 0 Å². The molecule has 1 atom stereocenters. The molecule has 0 aliphatic heterocycles. The van der Waals surface area contributed by atoms with Crippen LogP contribution in [-0.4, -0.2) is 41.1 Å². The molecule has 0 bridgehead atoms. The third-order valence-electron chi connectivity index (χ3n) is 2.73. The maximum atomic E-state index is 13.7. The SMILES string of the molecule is CNC(C)CNS(=O)(=O)c1ccc(C(=O)OC)c(F)c1.Cl. The zero-order valence-electron chi connectivity index (χ0n) is 11.8. The summed E-state index contributed by atoms with van der Waals surface area (Å²) in [5, 5.41) is 2.87. The van der Waals surface area contributed by atoms with Crippen molar-refractivity contribution >= 4 is 28.4 Å². The fourth-order valence-corrected chi connectivity index (χ4v) is 2.50. The van der Waals surface area contributed by atoms with Crippen molar-refractivity contribution < 1.29 is 22.3 Å². The van der Waals surface area contributed by atoms with E-state index in [0.717, 1.165) is 25.3 Å². The highest BCUT2D eigenvalue weighted by molar-refractivity contribution is 7.89. The molecule has 6 nitrogen and oxygen atoms in total. The van der Waals surface area contributed by atoms with E-state index in [1.807, 2.05) is 0 Å². The van der Waals surface area contributed by atoms with Crippen LogP contribution in [0.5, 0.6) is 0 Å². The number of methoxy groups -OCH3 is 1. The fourth-order valence-electron chi connectivity index (χ4n) is 1.36. The fraction of sp³-hybridized carbons (Fsp3) is 0.417. The van der Waals surface area contributed by atoms with Gasteiger partial charge in [-0.05, 0) is 32.2 Å². The van der Waals surface area contributed by atoms with Crippen molar-refractivity contribution in [3.05, 3.63) is 29.6 Å². The molecule has 0 saturated heterocycles. The second-order valence-corrected chi connectivity index (χ2v) is 5.94. The maximum absolute atomic E-state index is 13.7. The van der Waals surface area contributed by atoms with Gasteiger partial charge in [0.25, 0.3) is 0 Å². The molecular weight excluding hydrogens is 323 g/mol. The van der Waals surface area contributed by atoms with E-state index in [0.29, 0.717) is 0 Å². The van der Waals surface area contributed by atoms with Crippen LogP contribution in [0.15, 0.2) is 23.1 Å². The second-order valence-electron chi connectivity index (χ2n) is 4.17. The van der Waals surface area contributed by atoms with Gasteiger partial charge < -0.3 is 10.1 Å². The summed E-state index contributed by atoms with van der Waals surface area (Å²) in [6.45, 7) is 1.96. The first kappa shape index (κ1) is 19.8. The van der Waals surface area contributed by atoms with Crippen molar-refractivity contribution in [2.24, 2.45) is 0 Å². The first-order valence-electron chi connectivity index (χ1n) is 5.86. The molecule has 1 aromatic rings. The molecule has 0 spiro atoms. The molecule has 2 N–H and O–H groups in total. The molecule has 0 saturated carbocycles. The van der Waals surface area contributed by atoms with Crippen LogP contribution < -0.4 is 10.0 Å². The smallest absolute Gasteiger partial charge is 0.340 e. The standard InChI is InChI=1S/C12H17FN2O4S.ClH/c1-8(14-2)7-15-20(17,18)9-4-5-10(11(13)6-9)12(16)19-3;/h4-6,8,14-15H,7H2,1-3H3;1H. The molecule has 0 radical (unpaired) electrons. The molecule has 0 heterocycles. The van der Waals surface area contributed by atoms with E-state index < -0.39 is 21.8 Å². The summed E-state index contributed by atoms with van der Waals surface area (Å²) in [5.74, 6) is -1.80. The minimum absolute atomic E-state index is 0. The van der Waals surface area contributed by atoms with Gasteiger partial charge in [0.15, 0.2) is 0 Å². The average Bonchev–Trinajstić information content (AvgIpc) is 2.43. The number of hydrogen-bond acceptors (Lipinski definition) is 5. The Balaban J connectivity index is 0.00000400. The van der Waals surface area contributed by atoms with Crippen molar-refractivity contribution in [2.45, 2.75) is 17.9 Å². The van der Waals surface area contributed by atoms with E-state index in [-0.39, 0.29) is 35.5 Å². The molecule has 21 heavy (non-hydrogen) atoms. The first-order chi connectivity index (χ1) is 9.31. The number of likely N-dealkylation sites (N-methyl/N-ethyl adjacent to an activating group) is 1. The summed E-state index contributed by atoms with van der Waals surface area (Å²) in [6, 6.07) is 2.96. The zero-order chi connectivity index (χ0) is 15.3. The highest BCUT2D eigenvalue weighted by Crippen LogP contribution is 2.15. The molecule has 0 fully saturated rings. The number of ether oxygens (including phenoxy) is 1. The Morgan fingerprint density at radius 3 is 2.52 bits per heavy atom. The van der Waals surface area contributed by atoms with E-state index >= 15 is 0 Å². The number of carbonyl (C=O) groups is 1. The molecule has 0 amide bonds. The van der Waals surface area contributed by atoms with Gasteiger partial charge in [-0.2, -0.15) is 0 Å². The summed E-state index contributed by atoms with van der Waals surface area (Å²) in [7, 11) is -1.00. The van der Waals surface area contributed by atoms with Gasteiger partial charge in [0, 0.05) is 12.6 Å². The molecule has 1 aromatic carbocycles. The van der Waals surface area contributed by atoms with E-state index in [1.165, 1.54) is 0 Å². The van der Waals surface area contributed by atoms with Crippen LogP contribution in [0.1, 0.15) is 17.3 Å². The molecule has 0 aliphatic rings. The monoisotopic (exact) mass is 340 g/mol. The Hall–Kier alpha value is -1.22. The Bertz CT molecular complexity index is 595. The number of esters is 1. The van der Waals surface area contributed by atoms with E-state index in [4.69, 9.17) is 0 Å². The van der Waals surface area contributed by atoms with Crippen LogP contribution in [-0.2, 0) is 14.8 Å². The second kappa shape index (κ2) is 8.28.